The molecule has 1 aromatic heterocycles. The highest BCUT2D eigenvalue weighted by molar-refractivity contribution is 6.34. The van der Waals surface area contributed by atoms with E-state index in [2.05, 4.69) is 15.0 Å². The lowest BCUT2D eigenvalue weighted by molar-refractivity contribution is 0.0932. The van der Waals surface area contributed by atoms with Crippen LogP contribution in [0.15, 0.2) is 30.3 Å². The lowest BCUT2D eigenvalue weighted by Crippen LogP contribution is -2.29. The van der Waals surface area contributed by atoms with E-state index in [4.69, 9.17) is 17.3 Å². The molecule has 0 aliphatic heterocycles. The van der Waals surface area contributed by atoms with Gasteiger partial charge in [-0.25, -0.2) is 9.78 Å². The number of hydrogen-bond donors (Lipinski definition) is 2. The molecule has 0 spiro atoms. The van der Waals surface area contributed by atoms with Crippen LogP contribution in [-0.2, 0) is 4.74 Å². The van der Waals surface area contributed by atoms with Crippen LogP contribution in [-0.4, -0.2) is 30.1 Å². The molecule has 0 radical (unpaired) electrons. The Kier molecular flexibility index (Phi) is 4.37. The van der Waals surface area contributed by atoms with Gasteiger partial charge in [-0.05, 0) is 11.5 Å². The first-order valence-electron chi connectivity index (χ1n) is 5.83. The van der Waals surface area contributed by atoms with Crippen LogP contribution in [0.25, 0.3) is 10.8 Å². The number of carbonyl (C=O) groups excluding carboxylic acids is 2. The molecule has 0 saturated carbocycles. The standard InChI is InChI=1S/C13H12ClN3O3/c14-11-9-4-2-1-3-8(9)7-10(17-11)12(18)16-5-6-20-13(15)19/h1-4,7H,5-6H2,(H2,15,19)(H,16,18). The molecule has 20 heavy (non-hydrogen) atoms. The van der Waals surface area contributed by atoms with Gasteiger partial charge >= 0.3 is 6.09 Å². The van der Waals surface area contributed by atoms with Crippen LogP contribution in [0.4, 0.5) is 4.79 Å². The van der Waals surface area contributed by atoms with Crippen molar-refractivity contribution in [2.45, 2.75) is 0 Å². The van der Waals surface area contributed by atoms with Gasteiger partial charge in [-0.3, -0.25) is 4.79 Å². The maximum absolute atomic E-state index is 11.9. The van der Waals surface area contributed by atoms with Crippen LogP contribution in [0.5, 0.6) is 0 Å². The number of ether oxygens (including phenoxy) is 1. The summed E-state index contributed by atoms with van der Waals surface area (Å²) in [5, 5.41) is 4.42. The molecule has 1 heterocycles. The van der Waals surface area contributed by atoms with Gasteiger partial charge in [-0.15, -0.1) is 0 Å². The average molecular weight is 294 g/mol. The summed E-state index contributed by atoms with van der Waals surface area (Å²) in [6.45, 7) is 0.149. The Balaban J connectivity index is 2.08. The predicted octanol–water partition coefficient (Wildman–Crippen LogP) is 1.71. The molecule has 104 valence electrons. The largest absolute Gasteiger partial charge is 0.448 e. The molecule has 0 saturated heterocycles. The van der Waals surface area contributed by atoms with E-state index in [1.807, 2.05) is 24.3 Å². The smallest absolute Gasteiger partial charge is 0.404 e. The molecule has 7 heteroatoms. The minimum absolute atomic E-state index is 0.00237. The van der Waals surface area contributed by atoms with Crippen LogP contribution in [0.1, 0.15) is 10.5 Å². The van der Waals surface area contributed by atoms with Gasteiger partial charge in [0.05, 0.1) is 6.54 Å². The van der Waals surface area contributed by atoms with Crippen LogP contribution in [0.2, 0.25) is 5.15 Å². The lowest BCUT2D eigenvalue weighted by Gasteiger charge is -2.06. The number of pyridine rings is 1. The first-order valence-corrected chi connectivity index (χ1v) is 6.21. The zero-order valence-corrected chi connectivity index (χ0v) is 11.2. The fourth-order valence-corrected chi connectivity index (χ4v) is 1.94. The zero-order valence-electron chi connectivity index (χ0n) is 10.4. The molecule has 0 fully saturated rings. The van der Waals surface area contributed by atoms with Gasteiger partial charge in [0.2, 0.25) is 0 Å². The second-order valence-corrected chi connectivity index (χ2v) is 4.30. The number of fused-ring (bicyclic) bond motifs is 1. The number of amides is 2. The summed E-state index contributed by atoms with van der Waals surface area (Å²) in [6, 6.07) is 9.01. The van der Waals surface area contributed by atoms with E-state index in [1.54, 1.807) is 6.07 Å². The molecule has 0 aliphatic carbocycles. The number of nitrogens with one attached hydrogen (secondary N) is 1. The maximum Gasteiger partial charge on any atom is 0.404 e. The predicted molar refractivity (Wildman–Crippen MR) is 74.6 cm³/mol. The monoisotopic (exact) mass is 293 g/mol. The van der Waals surface area contributed by atoms with E-state index < -0.39 is 12.0 Å². The maximum atomic E-state index is 11.9. The summed E-state index contributed by atoms with van der Waals surface area (Å²) < 4.78 is 4.50. The van der Waals surface area contributed by atoms with Crippen LogP contribution in [0, 0.1) is 0 Å². The van der Waals surface area contributed by atoms with E-state index >= 15 is 0 Å². The number of halogens is 1. The second-order valence-electron chi connectivity index (χ2n) is 3.94. The average Bonchev–Trinajstić information content (AvgIpc) is 2.43. The van der Waals surface area contributed by atoms with E-state index in [0.717, 1.165) is 10.8 Å². The summed E-state index contributed by atoms with van der Waals surface area (Å²) in [5.41, 5.74) is 5.00. The Morgan fingerprint density at radius 1 is 1.35 bits per heavy atom. The number of carbonyl (C=O) groups is 2. The van der Waals surface area contributed by atoms with Crippen LogP contribution in [0.3, 0.4) is 0 Å². The zero-order chi connectivity index (χ0) is 14.5. The summed E-state index contributed by atoms with van der Waals surface area (Å²) in [6.07, 6.45) is -0.883. The van der Waals surface area contributed by atoms with Crippen LogP contribution < -0.4 is 11.1 Å². The normalized spacial score (nSPS) is 10.2. The van der Waals surface area contributed by atoms with Gasteiger partial charge in [0.15, 0.2) is 0 Å². The van der Waals surface area contributed by atoms with Gasteiger partial charge in [-0.2, -0.15) is 0 Å². The minimum Gasteiger partial charge on any atom is -0.448 e. The highest BCUT2D eigenvalue weighted by Gasteiger charge is 2.10. The Hall–Kier alpha value is -2.34. The molecule has 0 unspecified atom stereocenters. The lowest BCUT2D eigenvalue weighted by atomic mass is 10.1. The Morgan fingerprint density at radius 3 is 2.85 bits per heavy atom. The molecule has 0 aliphatic rings. The van der Waals surface area contributed by atoms with Crippen molar-refractivity contribution in [3.05, 3.63) is 41.2 Å². The Morgan fingerprint density at radius 2 is 2.10 bits per heavy atom. The highest BCUT2D eigenvalue weighted by Crippen LogP contribution is 2.22. The number of nitrogens with zero attached hydrogens (tertiary/aromatic N) is 1. The topological polar surface area (TPSA) is 94.3 Å². The number of primary amides is 1. The SMILES string of the molecule is NC(=O)OCCNC(=O)c1cc2ccccc2c(Cl)n1. The van der Waals surface area contributed by atoms with E-state index in [-0.39, 0.29) is 24.0 Å². The van der Waals surface area contributed by atoms with Crippen LogP contribution >= 0.6 is 11.6 Å². The molecule has 2 aromatic rings. The third-order valence-corrected chi connectivity index (χ3v) is 2.85. The van der Waals surface area contributed by atoms with Crippen molar-refractivity contribution in [2.24, 2.45) is 5.73 Å². The number of nitrogens with two attached hydrogens (primary N) is 1. The molecular formula is C13H12ClN3O3. The third kappa shape index (κ3) is 3.36. The quantitative estimate of drug-likeness (QED) is 0.663. The molecule has 0 bridgehead atoms. The van der Waals surface area contributed by atoms with E-state index in [0.29, 0.717) is 0 Å². The van der Waals surface area contributed by atoms with E-state index in [9.17, 15) is 9.59 Å². The fourth-order valence-electron chi connectivity index (χ4n) is 1.68. The summed E-state index contributed by atoms with van der Waals surface area (Å²) in [5.74, 6) is -0.397. The van der Waals surface area contributed by atoms with Gasteiger partial charge < -0.3 is 15.8 Å². The third-order valence-electron chi connectivity index (χ3n) is 2.56. The fraction of sp³-hybridized carbons (Fsp3) is 0.154. The van der Waals surface area contributed by atoms with Gasteiger partial charge in [0.1, 0.15) is 17.5 Å². The van der Waals surface area contributed by atoms with Gasteiger partial charge in [-0.1, -0.05) is 35.9 Å². The van der Waals surface area contributed by atoms with E-state index in [1.165, 1.54) is 0 Å². The molecule has 2 amide bonds. The second kappa shape index (κ2) is 6.21. The first kappa shape index (κ1) is 14.1. The number of hydrogen-bond acceptors (Lipinski definition) is 4. The number of aromatic nitrogens is 1. The Labute approximate surface area is 119 Å². The summed E-state index contributed by atoms with van der Waals surface area (Å²) in [7, 11) is 0. The highest BCUT2D eigenvalue weighted by atomic mass is 35.5. The minimum atomic E-state index is -0.883. The first-order chi connectivity index (χ1) is 9.58. The van der Waals surface area contributed by atoms with Crippen molar-refractivity contribution < 1.29 is 14.3 Å². The molecule has 0 atom stereocenters. The number of benzene rings is 1. The van der Waals surface area contributed by atoms with Crippen molar-refractivity contribution in [1.29, 1.82) is 0 Å². The van der Waals surface area contributed by atoms with Crippen molar-refractivity contribution in [3.63, 3.8) is 0 Å². The summed E-state index contributed by atoms with van der Waals surface area (Å²) in [4.78, 5) is 26.3. The van der Waals surface area contributed by atoms with Crippen molar-refractivity contribution in [3.8, 4) is 0 Å². The molecule has 6 nitrogen and oxygen atoms in total. The van der Waals surface area contributed by atoms with Gasteiger partial charge in [0.25, 0.3) is 5.91 Å². The molecule has 2 rings (SSSR count). The van der Waals surface area contributed by atoms with Crippen molar-refractivity contribution in [2.75, 3.05) is 13.2 Å². The number of rotatable bonds is 4. The Bertz CT molecular complexity index is 660. The van der Waals surface area contributed by atoms with Crippen molar-refractivity contribution >= 4 is 34.4 Å². The van der Waals surface area contributed by atoms with Crippen molar-refractivity contribution in [1.82, 2.24) is 10.3 Å². The molecule has 1 aromatic carbocycles. The molecule has 3 N–H and O–H groups in total. The van der Waals surface area contributed by atoms with Gasteiger partial charge in [0, 0.05) is 5.39 Å². The molecular weight excluding hydrogens is 282 g/mol. The summed E-state index contributed by atoms with van der Waals surface area (Å²) >= 11 is 6.03.